The normalized spacial score (nSPS) is 24.2. The van der Waals surface area contributed by atoms with Crippen LogP contribution in [0.4, 0.5) is 0 Å². The Morgan fingerprint density at radius 3 is 1.78 bits per heavy atom. The van der Waals surface area contributed by atoms with E-state index in [1.807, 2.05) is 36.4 Å². The molecule has 0 unspecified atom stereocenters. The lowest BCUT2D eigenvalue weighted by Gasteiger charge is -2.31. The maximum absolute atomic E-state index is 9.95. The van der Waals surface area contributed by atoms with Gasteiger partial charge in [-0.25, -0.2) is 0 Å². The number of hydrogen-bond donors (Lipinski definition) is 1. The highest BCUT2D eigenvalue weighted by molar-refractivity contribution is 5.14. The number of aliphatic hydroxyl groups excluding tert-OH is 1. The topological polar surface area (TPSA) is 38.7 Å². The maximum Gasteiger partial charge on any atom is 0.0717 e. The van der Waals surface area contributed by atoms with Crippen molar-refractivity contribution in [3.05, 3.63) is 71.8 Å². The Morgan fingerprint density at radius 1 is 0.889 bits per heavy atom. The van der Waals surface area contributed by atoms with Crippen LogP contribution in [0, 0.1) is 16.7 Å². The third-order valence-corrected chi connectivity index (χ3v) is 6.11. The monoisotopic (exact) mass is 368 g/mol. The molecule has 146 valence electrons. The molecule has 3 nitrogen and oxygen atoms in total. The van der Waals surface area contributed by atoms with Gasteiger partial charge in [-0.1, -0.05) is 74.5 Å². The van der Waals surface area contributed by atoms with Gasteiger partial charge < -0.3 is 14.6 Å². The zero-order valence-corrected chi connectivity index (χ0v) is 16.6. The number of aliphatic hydroxyl groups is 1. The fourth-order valence-electron chi connectivity index (χ4n) is 4.39. The van der Waals surface area contributed by atoms with E-state index in [0.29, 0.717) is 32.3 Å². The molecule has 0 heterocycles. The van der Waals surface area contributed by atoms with Crippen LogP contribution in [0.3, 0.4) is 0 Å². The molecule has 3 rings (SSSR count). The summed E-state index contributed by atoms with van der Waals surface area (Å²) in [5, 5.41) is 9.95. The van der Waals surface area contributed by atoms with E-state index in [1.54, 1.807) is 0 Å². The Bertz CT molecular complexity index is 640. The van der Waals surface area contributed by atoms with E-state index in [-0.39, 0.29) is 17.4 Å². The summed E-state index contributed by atoms with van der Waals surface area (Å²) >= 11 is 0. The highest BCUT2D eigenvalue weighted by Gasteiger charge is 2.50. The Morgan fingerprint density at radius 2 is 1.37 bits per heavy atom. The van der Waals surface area contributed by atoms with Gasteiger partial charge in [-0.05, 0) is 35.3 Å². The van der Waals surface area contributed by atoms with Crippen molar-refractivity contribution in [1.29, 1.82) is 0 Å². The molecule has 0 amide bonds. The molecule has 0 spiro atoms. The molecule has 1 saturated carbocycles. The smallest absolute Gasteiger partial charge is 0.0717 e. The van der Waals surface area contributed by atoms with Gasteiger partial charge in [0.2, 0.25) is 0 Å². The largest absolute Gasteiger partial charge is 0.396 e. The van der Waals surface area contributed by atoms with E-state index < -0.39 is 0 Å². The average molecular weight is 369 g/mol. The van der Waals surface area contributed by atoms with E-state index in [9.17, 15) is 5.11 Å². The van der Waals surface area contributed by atoms with Crippen LogP contribution in [0.1, 0.15) is 37.8 Å². The first-order valence-corrected chi connectivity index (χ1v) is 9.89. The molecule has 0 aromatic heterocycles. The van der Waals surface area contributed by atoms with Crippen LogP contribution in [0.15, 0.2) is 60.7 Å². The average Bonchev–Trinajstić information content (AvgIpc) is 2.94. The molecule has 1 aliphatic carbocycles. The molecule has 1 N–H and O–H groups in total. The second-order valence-corrected chi connectivity index (χ2v) is 8.55. The first-order chi connectivity index (χ1) is 13.1. The number of ether oxygens (including phenoxy) is 2. The summed E-state index contributed by atoms with van der Waals surface area (Å²) in [7, 11) is 0. The van der Waals surface area contributed by atoms with E-state index in [1.165, 1.54) is 11.1 Å². The lowest BCUT2D eigenvalue weighted by molar-refractivity contribution is -0.0375. The first-order valence-electron chi connectivity index (χ1n) is 9.89. The quantitative estimate of drug-likeness (QED) is 0.689. The summed E-state index contributed by atoms with van der Waals surface area (Å²) in [6, 6.07) is 20.6. The fourth-order valence-corrected chi connectivity index (χ4v) is 4.39. The van der Waals surface area contributed by atoms with Gasteiger partial charge in [0.05, 0.1) is 26.4 Å². The van der Waals surface area contributed by atoms with Crippen LogP contribution < -0.4 is 0 Å². The summed E-state index contributed by atoms with van der Waals surface area (Å²) in [5.74, 6) is 0.447. The van der Waals surface area contributed by atoms with Crippen molar-refractivity contribution < 1.29 is 14.6 Å². The van der Waals surface area contributed by atoms with Crippen LogP contribution >= 0.6 is 0 Å². The van der Waals surface area contributed by atoms with E-state index in [2.05, 4.69) is 38.1 Å². The number of rotatable bonds is 9. The van der Waals surface area contributed by atoms with E-state index >= 15 is 0 Å². The zero-order chi connectivity index (χ0) is 19.2. The van der Waals surface area contributed by atoms with Crippen LogP contribution in [-0.4, -0.2) is 24.9 Å². The standard InChI is InChI=1S/C24H32O3/c1-20-13-24(16-23(20,2)17-25,18-26-14-21-9-5-3-6-10-21)19-27-15-22-11-7-4-8-12-22/h3-12,20,25H,13-19H2,1-2H3/t20-,23-/m0/s1. The van der Waals surface area contributed by atoms with Crippen molar-refractivity contribution in [3.8, 4) is 0 Å². The summed E-state index contributed by atoms with van der Waals surface area (Å²) in [6.07, 6.45) is 1.95. The Labute approximate surface area is 163 Å². The second-order valence-electron chi connectivity index (χ2n) is 8.55. The lowest BCUT2D eigenvalue weighted by Crippen LogP contribution is -2.32. The third kappa shape index (κ3) is 5.19. The van der Waals surface area contributed by atoms with Gasteiger partial charge in [-0.2, -0.15) is 0 Å². The minimum Gasteiger partial charge on any atom is -0.396 e. The minimum absolute atomic E-state index is 0.0412. The molecule has 3 heteroatoms. The Balaban J connectivity index is 1.62. The first kappa shape index (κ1) is 20.1. The SMILES string of the molecule is C[C@H]1CC(COCc2ccccc2)(COCc2ccccc2)C[C@@]1(C)CO. The zero-order valence-electron chi connectivity index (χ0n) is 16.6. The van der Waals surface area contributed by atoms with Gasteiger partial charge in [0.25, 0.3) is 0 Å². The maximum atomic E-state index is 9.95. The molecular weight excluding hydrogens is 336 g/mol. The summed E-state index contributed by atoms with van der Waals surface area (Å²) in [4.78, 5) is 0. The molecule has 2 aromatic rings. The van der Waals surface area contributed by atoms with Gasteiger partial charge in [-0.3, -0.25) is 0 Å². The molecular formula is C24H32O3. The highest BCUT2D eigenvalue weighted by Crippen LogP contribution is 2.53. The predicted octanol–water partition coefficient (Wildman–Crippen LogP) is 4.83. The van der Waals surface area contributed by atoms with Crippen LogP contribution in [0.25, 0.3) is 0 Å². The van der Waals surface area contributed by atoms with Crippen molar-refractivity contribution in [1.82, 2.24) is 0 Å². The summed E-state index contributed by atoms with van der Waals surface area (Å²) < 4.78 is 12.3. The molecule has 0 bridgehead atoms. The molecule has 27 heavy (non-hydrogen) atoms. The highest BCUT2D eigenvalue weighted by atomic mass is 16.5. The molecule has 0 aliphatic heterocycles. The van der Waals surface area contributed by atoms with Crippen molar-refractivity contribution >= 4 is 0 Å². The Kier molecular flexibility index (Phi) is 6.69. The van der Waals surface area contributed by atoms with E-state index in [4.69, 9.17) is 9.47 Å². The van der Waals surface area contributed by atoms with Gasteiger partial charge >= 0.3 is 0 Å². The van der Waals surface area contributed by atoms with Gasteiger partial charge in [0.1, 0.15) is 0 Å². The van der Waals surface area contributed by atoms with Crippen LogP contribution in [0.2, 0.25) is 0 Å². The second kappa shape index (κ2) is 9.01. The summed E-state index contributed by atoms with van der Waals surface area (Å²) in [6.45, 7) is 7.21. The van der Waals surface area contributed by atoms with Gasteiger partial charge in [-0.15, -0.1) is 0 Å². The molecule has 1 fully saturated rings. The Hall–Kier alpha value is -1.68. The van der Waals surface area contributed by atoms with E-state index in [0.717, 1.165) is 12.8 Å². The molecule has 0 radical (unpaired) electrons. The fraction of sp³-hybridized carbons (Fsp3) is 0.500. The lowest BCUT2D eigenvalue weighted by atomic mass is 9.80. The van der Waals surface area contributed by atoms with Crippen molar-refractivity contribution in [2.45, 2.75) is 39.9 Å². The van der Waals surface area contributed by atoms with Crippen molar-refractivity contribution in [3.63, 3.8) is 0 Å². The molecule has 0 saturated heterocycles. The van der Waals surface area contributed by atoms with Crippen LogP contribution in [0.5, 0.6) is 0 Å². The number of benzene rings is 2. The molecule has 1 aliphatic rings. The third-order valence-electron chi connectivity index (χ3n) is 6.11. The number of hydrogen-bond acceptors (Lipinski definition) is 3. The van der Waals surface area contributed by atoms with Crippen molar-refractivity contribution in [2.75, 3.05) is 19.8 Å². The van der Waals surface area contributed by atoms with Crippen LogP contribution in [-0.2, 0) is 22.7 Å². The minimum atomic E-state index is -0.0633. The molecule has 2 aromatic carbocycles. The van der Waals surface area contributed by atoms with Gasteiger partial charge in [0.15, 0.2) is 0 Å². The predicted molar refractivity (Wildman–Crippen MR) is 108 cm³/mol. The van der Waals surface area contributed by atoms with Crippen molar-refractivity contribution in [2.24, 2.45) is 16.7 Å². The van der Waals surface area contributed by atoms with Gasteiger partial charge in [0, 0.05) is 12.0 Å². The molecule has 2 atom stereocenters. The summed E-state index contributed by atoms with van der Waals surface area (Å²) in [5.41, 5.74) is 2.27.